The summed E-state index contributed by atoms with van der Waals surface area (Å²) in [6, 6.07) is 6.20. The zero-order valence-corrected chi connectivity index (χ0v) is 8.61. The number of anilines is 1. The van der Waals surface area contributed by atoms with Crippen LogP contribution < -0.4 is 5.73 Å². The third-order valence-corrected chi connectivity index (χ3v) is 2.29. The van der Waals surface area contributed by atoms with Crippen LogP contribution in [0.2, 0.25) is 0 Å². The lowest BCUT2D eigenvalue weighted by Gasteiger charge is -2.03. The normalized spacial score (nSPS) is 10.1. The first-order valence-electron chi connectivity index (χ1n) is 4.64. The summed E-state index contributed by atoms with van der Waals surface area (Å²) in [5.74, 6) is -0.195. The Kier molecular flexibility index (Phi) is 2.33. The van der Waals surface area contributed by atoms with E-state index in [1.807, 2.05) is 6.07 Å². The van der Waals surface area contributed by atoms with Crippen molar-refractivity contribution in [2.45, 2.75) is 6.92 Å². The Morgan fingerprint density at radius 2 is 2.25 bits per heavy atom. The number of hydrogen-bond donors (Lipinski definition) is 1. The van der Waals surface area contributed by atoms with Crippen LogP contribution in [0.4, 0.5) is 10.2 Å². The van der Waals surface area contributed by atoms with Crippen molar-refractivity contribution in [2.75, 3.05) is 5.73 Å². The van der Waals surface area contributed by atoms with E-state index < -0.39 is 5.82 Å². The van der Waals surface area contributed by atoms with Crippen LogP contribution in [-0.4, -0.2) is 9.78 Å². The maximum Gasteiger partial charge on any atom is 0.148 e. The minimum absolute atomic E-state index is 0.0370. The minimum atomic E-state index is -0.563. The molecule has 2 N–H and O–H groups in total. The second-order valence-corrected chi connectivity index (χ2v) is 3.39. The molecule has 0 aliphatic rings. The van der Waals surface area contributed by atoms with E-state index in [0.717, 1.165) is 5.56 Å². The van der Waals surface area contributed by atoms with E-state index in [4.69, 9.17) is 11.0 Å². The molecule has 0 amide bonds. The predicted molar refractivity (Wildman–Crippen MR) is 57.4 cm³/mol. The fraction of sp³-hybridized carbons (Fsp3) is 0.0909. The third kappa shape index (κ3) is 1.50. The summed E-state index contributed by atoms with van der Waals surface area (Å²) in [6.45, 7) is 1.80. The number of aromatic nitrogens is 2. The second kappa shape index (κ2) is 3.66. The van der Waals surface area contributed by atoms with Gasteiger partial charge in [0.25, 0.3) is 0 Å². The summed E-state index contributed by atoms with van der Waals surface area (Å²) in [5, 5.41) is 12.9. The standard InChI is InChI=1S/C11H9FN4/c1-7-6-16(15-11(7)14)10-4-2-3-9(12)8(10)5-13/h2-4,6H,1H3,(H2,14,15). The van der Waals surface area contributed by atoms with Crippen molar-refractivity contribution in [2.24, 2.45) is 0 Å². The molecule has 4 nitrogen and oxygen atoms in total. The molecule has 0 aliphatic carbocycles. The zero-order valence-electron chi connectivity index (χ0n) is 8.61. The number of nitriles is 1. The Labute approximate surface area is 91.7 Å². The summed E-state index contributed by atoms with van der Waals surface area (Å²) in [4.78, 5) is 0. The van der Waals surface area contributed by atoms with E-state index in [9.17, 15) is 4.39 Å². The number of nitrogens with two attached hydrogens (primary N) is 1. The van der Waals surface area contributed by atoms with E-state index in [2.05, 4.69) is 5.10 Å². The third-order valence-electron chi connectivity index (χ3n) is 2.29. The molecule has 0 aliphatic heterocycles. The molecule has 1 heterocycles. The molecule has 0 bridgehead atoms. The summed E-state index contributed by atoms with van der Waals surface area (Å²) < 4.78 is 14.8. The van der Waals surface area contributed by atoms with Crippen molar-refractivity contribution in [3.05, 3.63) is 41.3 Å². The number of hydrogen-bond acceptors (Lipinski definition) is 3. The van der Waals surface area contributed by atoms with Crippen molar-refractivity contribution in [3.8, 4) is 11.8 Å². The van der Waals surface area contributed by atoms with Crippen molar-refractivity contribution >= 4 is 5.82 Å². The van der Waals surface area contributed by atoms with Gasteiger partial charge in [0.2, 0.25) is 0 Å². The monoisotopic (exact) mass is 216 g/mol. The van der Waals surface area contributed by atoms with Gasteiger partial charge >= 0.3 is 0 Å². The van der Waals surface area contributed by atoms with Gasteiger partial charge in [-0.25, -0.2) is 9.07 Å². The molecule has 5 heteroatoms. The van der Waals surface area contributed by atoms with E-state index in [-0.39, 0.29) is 5.56 Å². The quantitative estimate of drug-likeness (QED) is 0.789. The van der Waals surface area contributed by atoms with Crippen molar-refractivity contribution < 1.29 is 4.39 Å². The lowest BCUT2D eigenvalue weighted by Crippen LogP contribution is -2.00. The average Bonchev–Trinajstić information content (AvgIpc) is 2.59. The van der Waals surface area contributed by atoms with Crippen LogP contribution in [0.3, 0.4) is 0 Å². The molecule has 80 valence electrons. The Hall–Kier alpha value is -2.35. The molecule has 0 saturated heterocycles. The highest BCUT2D eigenvalue weighted by atomic mass is 19.1. The predicted octanol–water partition coefficient (Wildman–Crippen LogP) is 1.77. The summed E-state index contributed by atoms with van der Waals surface area (Å²) in [7, 11) is 0. The van der Waals surface area contributed by atoms with E-state index >= 15 is 0 Å². The fourth-order valence-electron chi connectivity index (χ4n) is 1.41. The Bertz CT molecular complexity index is 561. The molecular weight excluding hydrogens is 207 g/mol. The van der Waals surface area contributed by atoms with Crippen LogP contribution in [0.1, 0.15) is 11.1 Å². The molecule has 0 unspecified atom stereocenters. The van der Waals surface area contributed by atoms with Gasteiger partial charge in [-0.1, -0.05) is 6.07 Å². The van der Waals surface area contributed by atoms with Crippen molar-refractivity contribution in [3.63, 3.8) is 0 Å². The van der Waals surface area contributed by atoms with Gasteiger partial charge in [0.15, 0.2) is 0 Å². The van der Waals surface area contributed by atoms with Crippen molar-refractivity contribution in [1.82, 2.24) is 9.78 Å². The Morgan fingerprint density at radius 3 is 2.81 bits per heavy atom. The topological polar surface area (TPSA) is 67.6 Å². The highest BCUT2D eigenvalue weighted by molar-refractivity contribution is 5.51. The average molecular weight is 216 g/mol. The summed E-state index contributed by atoms with van der Waals surface area (Å²) in [5.41, 5.74) is 6.74. The largest absolute Gasteiger partial charge is 0.382 e. The maximum atomic E-state index is 13.3. The number of nitrogen functional groups attached to an aromatic ring is 1. The van der Waals surface area contributed by atoms with Crippen LogP contribution >= 0.6 is 0 Å². The number of rotatable bonds is 1. The first kappa shape index (κ1) is 10.2. The number of benzene rings is 1. The molecule has 0 radical (unpaired) electrons. The first-order chi connectivity index (χ1) is 7.63. The lowest BCUT2D eigenvalue weighted by atomic mass is 10.2. The molecule has 0 saturated carbocycles. The number of nitrogens with zero attached hydrogens (tertiary/aromatic N) is 3. The highest BCUT2D eigenvalue weighted by Crippen LogP contribution is 2.18. The SMILES string of the molecule is Cc1cn(-c2cccc(F)c2C#N)nc1N. The van der Waals surface area contributed by atoms with Crippen molar-refractivity contribution in [1.29, 1.82) is 5.26 Å². The maximum absolute atomic E-state index is 13.3. The molecule has 0 atom stereocenters. The van der Waals surface area contributed by atoms with Gasteiger partial charge < -0.3 is 5.73 Å². The Balaban J connectivity index is 2.65. The van der Waals surface area contributed by atoms with Gasteiger partial charge in [0.05, 0.1) is 5.69 Å². The number of aryl methyl sites for hydroxylation is 1. The second-order valence-electron chi connectivity index (χ2n) is 3.39. The van der Waals surface area contributed by atoms with Gasteiger partial charge in [-0.05, 0) is 19.1 Å². The van der Waals surface area contributed by atoms with Gasteiger partial charge in [-0.3, -0.25) is 0 Å². The van der Waals surface area contributed by atoms with E-state index in [1.54, 1.807) is 19.2 Å². The van der Waals surface area contributed by atoms with Crippen LogP contribution in [0, 0.1) is 24.1 Å². The van der Waals surface area contributed by atoms with Crippen LogP contribution in [0.15, 0.2) is 24.4 Å². The van der Waals surface area contributed by atoms with Gasteiger partial charge in [-0.15, -0.1) is 0 Å². The fourth-order valence-corrected chi connectivity index (χ4v) is 1.41. The van der Waals surface area contributed by atoms with Crippen LogP contribution in [-0.2, 0) is 0 Å². The molecule has 2 rings (SSSR count). The summed E-state index contributed by atoms with van der Waals surface area (Å²) in [6.07, 6.45) is 1.66. The molecule has 16 heavy (non-hydrogen) atoms. The molecule has 0 fully saturated rings. The first-order valence-corrected chi connectivity index (χ1v) is 4.64. The minimum Gasteiger partial charge on any atom is -0.382 e. The van der Waals surface area contributed by atoms with Gasteiger partial charge in [0, 0.05) is 11.8 Å². The molecule has 0 spiro atoms. The van der Waals surface area contributed by atoms with Crippen LogP contribution in [0.5, 0.6) is 0 Å². The lowest BCUT2D eigenvalue weighted by molar-refractivity contribution is 0.621. The molecule has 1 aromatic heterocycles. The molecule has 2 aromatic rings. The molecular formula is C11H9FN4. The smallest absolute Gasteiger partial charge is 0.148 e. The zero-order chi connectivity index (χ0) is 11.7. The van der Waals surface area contributed by atoms with Crippen LogP contribution in [0.25, 0.3) is 5.69 Å². The van der Waals surface area contributed by atoms with E-state index in [1.165, 1.54) is 16.8 Å². The summed E-state index contributed by atoms with van der Waals surface area (Å²) >= 11 is 0. The Morgan fingerprint density at radius 1 is 1.50 bits per heavy atom. The van der Waals surface area contributed by atoms with E-state index in [0.29, 0.717) is 11.5 Å². The molecule has 1 aromatic carbocycles. The highest BCUT2D eigenvalue weighted by Gasteiger charge is 2.11. The van der Waals surface area contributed by atoms with Gasteiger partial charge in [-0.2, -0.15) is 10.4 Å². The van der Waals surface area contributed by atoms with Gasteiger partial charge in [0.1, 0.15) is 23.3 Å². The number of halogens is 1.